The van der Waals surface area contributed by atoms with Crippen LogP contribution in [0.2, 0.25) is 0 Å². The number of carbonyl (C=O) groups is 1. The van der Waals surface area contributed by atoms with Gasteiger partial charge in [-0.3, -0.25) is 9.48 Å². The van der Waals surface area contributed by atoms with Crippen molar-refractivity contribution in [3.05, 3.63) is 29.7 Å². The maximum absolute atomic E-state index is 13.0. The molecule has 0 spiro atoms. The maximum atomic E-state index is 13.0. The molecule has 0 aliphatic carbocycles. The molecule has 0 N–H and O–H groups in total. The first-order chi connectivity index (χ1) is 13.3. The predicted octanol–water partition coefficient (Wildman–Crippen LogP) is 0.270. The predicted molar refractivity (Wildman–Crippen MR) is 99.0 cm³/mol. The molecule has 2 aromatic heterocycles. The number of sulfonamides is 1. The van der Waals surface area contributed by atoms with Crippen LogP contribution in [0.15, 0.2) is 16.8 Å². The van der Waals surface area contributed by atoms with Crippen molar-refractivity contribution in [2.45, 2.75) is 32.7 Å². The number of hydrogen-bond acceptors (Lipinski definition) is 7. The Balaban J connectivity index is 1.65. The molecule has 0 aromatic carbocycles. The number of rotatable bonds is 5. The van der Waals surface area contributed by atoms with Gasteiger partial charge in [0.05, 0.1) is 11.2 Å². The highest BCUT2D eigenvalue weighted by Gasteiger charge is 2.59. The summed E-state index contributed by atoms with van der Waals surface area (Å²) in [6.45, 7) is 7.33. The van der Waals surface area contributed by atoms with E-state index in [0.717, 1.165) is 0 Å². The Labute approximate surface area is 163 Å². The molecule has 152 valence electrons. The largest absolute Gasteiger partial charge is 0.339 e. The van der Waals surface area contributed by atoms with Gasteiger partial charge in [0.1, 0.15) is 5.69 Å². The quantitative estimate of drug-likeness (QED) is 0.697. The van der Waals surface area contributed by atoms with Crippen LogP contribution in [0.1, 0.15) is 36.1 Å². The number of aryl methyl sites for hydroxylation is 2. The summed E-state index contributed by atoms with van der Waals surface area (Å²) in [6, 6.07) is 1.71. The maximum Gasteiger partial charge on any atom is 0.274 e. The highest BCUT2D eigenvalue weighted by atomic mass is 32.2. The summed E-state index contributed by atoms with van der Waals surface area (Å²) < 4.78 is 33.6. The average molecular weight is 408 g/mol. The Bertz CT molecular complexity index is 999. The summed E-state index contributed by atoms with van der Waals surface area (Å²) in [5.41, 5.74) is -0.302. The van der Waals surface area contributed by atoms with E-state index in [9.17, 15) is 13.2 Å². The van der Waals surface area contributed by atoms with Crippen molar-refractivity contribution >= 4 is 15.9 Å². The molecule has 2 aliphatic heterocycles. The zero-order valence-corrected chi connectivity index (χ0v) is 17.0. The number of amides is 1. The molecule has 2 saturated heterocycles. The fraction of sp³-hybridized carbons (Fsp3) is 0.647. The van der Waals surface area contributed by atoms with Crippen molar-refractivity contribution in [3.8, 4) is 0 Å². The molecule has 0 bridgehead atoms. The van der Waals surface area contributed by atoms with Gasteiger partial charge < -0.3 is 9.42 Å². The van der Waals surface area contributed by atoms with Gasteiger partial charge in [-0.15, -0.1) is 0 Å². The molecule has 1 amide bonds. The smallest absolute Gasteiger partial charge is 0.274 e. The van der Waals surface area contributed by atoms with Crippen molar-refractivity contribution in [1.82, 2.24) is 29.1 Å². The van der Waals surface area contributed by atoms with Crippen molar-refractivity contribution in [1.29, 1.82) is 0 Å². The second-order valence-corrected chi connectivity index (χ2v) is 9.69. The van der Waals surface area contributed by atoms with Crippen LogP contribution in [-0.4, -0.2) is 75.4 Å². The Kier molecular flexibility index (Phi) is 4.53. The second kappa shape index (κ2) is 6.66. The lowest BCUT2D eigenvalue weighted by Gasteiger charge is -2.25. The SMILES string of the molecule is CCn1ccc(C(=O)N2C[C@H]3CN(S(=O)(=O)CC)C[C@@]3(c3nc(C)no3)C2)n1. The van der Waals surface area contributed by atoms with E-state index < -0.39 is 15.4 Å². The van der Waals surface area contributed by atoms with Crippen molar-refractivity contribution in [3.63, 3.8) is 0 Å². The van der Waals surface area contributed by atoms with Gasteiger partial charge >= 0.3 is 0 Å². The first-order valence-electron chi connectivity index (χ1n) is 9.40. The molecular formula is C17H24N6O4S. The molecule has 0 radical (unpaired) electrons. The van der Waals surface area contributed by atoms with E-state index in [1.165, 1.54) is 4.31 Å². The van der Waals surface area contributed by atoms with Crippen molar-refractivity contribution in [2.24, 2.45) is 5.92 Å². The third-order valence-corrected chi connectivity index (χ3v) is 7.56. The van der Waals surface area contributed by atoms with E-state index in [0.29, 0.717) is 43.6 Å². The van der Waals surface area contributed by atoms with Crippen LogP contribution in [0.3, 0.4) is 0 Å². The van der Waals surface area contributed by atoms with Gasteiger partial charge in [-0.2, -0.15) is 10.1 Å². The third-order valence-electron chi connectivity index (χ3n) is 5.76. The van der Waals surface area contributed by atoms with Crippen LogP contribution < -0.4 is 0 Å². The number of fused-ring (bicyclic) bond motifs is 1. The molecule has 11 heteroatoms. The fourth-order valence-electron chi connectivity index (χ4n) is 4.18. The standard InChI is InChI=1S/C17H24N6O4S/c1-4-22-7-6-14(19-22)15(24)21-8-13-9-23(28(25,26)5-2)11-17(13,10-21)16-18-12(3)20-27-16/h6-7,13H,4-5,8-11H2,1-3H3/t13-,17-/m0/s1. The molecule has 4 heterocycles. The Hall–Kier alpha value is -2.27. The number of carbonyl (C=O) groups excluding carboxylic acids is 1. The molecule has 0 unspecified atom stereocenters. The number of hydrogen-bond donors (Lipinski definition) is 0. The number of aromatic nitrogens is 4. The second-order valence-electron chi connectivity index (χ2n) is 7.44. The minimum Gasteiger partial charge on any atom is -0.339 e. The van der Waals surface area contributed by atoms with Gasteiger partial charge in [0.15, 0.2) is 5.82 Å². The summed E-state index contributed by atoms with van der Waals surface area (Å²) in [7, 11) is -3.34. The van der Waals surface area contributed by atoms with Crippen molar-refractivity contribution in [2.75, 3.05) is 31.9 Å². The first kappa shape index (κ1) is 19.1. The Morgan fingerprint density at radius 1 is 1.32 bits per heavy atom. The topological polar surface area (TPSA) is 114 Å². The Morgan fingerprint density at radius 3 is 2.71 bits per heavy atom. The molecule has 0 saturated carbocycles. The molecule has 2 atom stereocenters. The third kappa shape index (κ3) is 2.93. The van der Waals surface area contributed by atoms with Gasteiger partial charge in [-0.1, -0.05) is 5.16 Å². The van der Waals surface area contributed by atoms with E-state index in [1.807, 2.05) is 6.92 Å². The highest BCUT2D eigenvalue weighted by molar-refractivity contribution is 7.89. The molecule has 2 fully saturated rings. The number of nitrogens with zero attached hydrogens (tertiary/aromatic N) is 6. The Morgan fingerprint density at radius 2 is 2.11 bits per heavy atom. The average Bonchev–Trinajstić information content (AvgIpc) is 3.42. The summed E-state index contributed by atoms with van der Waals surface area (Å²) in [5, 5.41) is 8.20. The molecule has 2 aliphatic rings. The van der Waals surface area contributed by atoms with Crippen LogP contribution >= 0.6 is 0 Å². The molecular weight excluding hydrogens is 384 g/mol. The van der Waals surface area contributed by atoms with Crippen LogP contribution in [0.25, 0.3) is 0 Å². The highest BCUT2D eigenvalue weighted by Crippen LogP contribution is 2.45. The van der Waals surface area contributed by atoms with Crippen LogP contribution in [0, 0.1) is 12.8 Å². The monoisotopic (exact) mass is 408 g/mol. The van der Waals surface area contributed by atoms with Gasteiger partial charge in [-0.05, 0) is 26.8 Å². The van der Waals surface area contributed by atoms with Gasteiger partial charge in [0, 0.05) is 44.8 Å². The molecule has 10 nitrogen and oxygen atoms in total. The summed E-state index contributed by atoms with van der Waals surface area (Å²) in [6.07, 6.45) is 1.77. The summed E-state index contributed by atoms with van der Waals surface area (Å²) in [4.78, 5) is 19.1. The summed E-state index contributed by atoms with van der Waals surface area (Å²) >= 11 is 0. The zero-order chi connectivity index (χ0) is 20.1. The lowest BCUT2D eigenvalue weighted by atomic mass is 9.81. The summed E-state index contributed by atoms with van der Waals surface area (Å²) in [5.74, 6) is 0.660. The van der Waals surface area contributed by atoms with Crippen LogP contribution in [0.5, 0.6) is 0 Å². The van der Waals surface area contributed by atoms with E-state index in [4.69, 9.17) is 4.52 Å². The molecule has 4 rings (SSSR count). The lowest BCUT2D eigenvalue weighted by Crippen LogP contribution is -2.41. The first-order valence-corrected chi connectivity index (χ1v) is 11.0. The van der Waals surface area contributed by atoms with E-state index in [1.54, 1.807) is 35.7 Å². The zero-order valence-electron chi connectivity index (χ0n) is 16.2. The van der Waals surface area contributed by atoms with Crippen LogP contribution in [-0.2, 0) is 22.0 Å². The van der Waals surface area contributed by atoms with Gasteiger partial charge in [0.25, 0.3) is 5.91 Å². The normalized spacial score (nSPS) is 25.4. The van der Waals surface area contributed by atoms with Crippen molar-refractivity contribution < 1.29 is 17.7 Å². The minimum atomic E-state index is -3.34. The van der Waals surface area contributed by atoms with Gasteiger partial charge in [0.2, 0.25) is 15.9 Å². The minimum absolute atomic E-state index is 0.0375. The lowest BCUT2D eigenvalue weighted by molar-refractivity contribution is 0.0766. The number of likely N-dealkylation sites (tertiary alicyclic amines) is 1. The van der Waals surface area contributed by atoms with Gasteiger partial charge in [-0.25, -0.2) is 12.7 Å². The van der Waals surface area contributed by atoms with E-state index in [2.05, 4.69) is 15.2 Å². The molecule has 28 heavy (non-hydrogen) atoms. The molecule has 2 aromatic rings. The fourth-order valence-corrected chi connectivity index (χ4v) is 5.38. The van der Waals surface area contributed by atoms with E-state index in [-0.39, 0.29) is 24.1 Å². The van der Waals surface area contributed by atoms with E-state index >= 15 is 0 Å². The van der Waals surface area contributed by atoms with Crippen LogP contribution in [0.4, 0.5) is 0 Å².